The van der Waals surface area contributed by atoms with E-state index in [4.69, 9.17) is 34.7 Å². The molecule has 0 amide bonds. The molecule has 0 atom stereocenters. The summed E-state index contributed by atoms with van der Waals surface area (Å²) in [6.45, 7) is 0. The van der Waals surface area contributed by atoms with E-state index in [0.29, 0.717) is 0 Å². The molecule has 46 heteroatoms. The quantitative estimate of drug-likeness (QED) is 0.0264. The molecule has 2 heterocycles. The Kier molecular flexibility index (Phi) is 31.8. The number of hydrogen-bond donors (Lipinski definition) is 6. The zero-order valence-electron chi connectivity index (χ0n) is 50.5. The van der Waals surface area contributed by atoms with Gasteiger partial charge in [0.05, 0.1) is 54.3 Å². The third-order valence-electron chi connectivity index (χ3n) is 12.1. The van der Waals surface area contributed by atoms with Gasteiger partial charge in [0, 0.05) is 45.3 Å². The second-order valence-electron chi connectivity index (χ2n) is 18.4. The average molecular weight is 1530 g/mol. The second-order valence-corrected chi connectivity index (χ2v) is 24.5. The van der Waals surface area contributed by atoms with Gasteiger partial charge in [0.15, 0.2) is 0 Å². The van der Waals surface area contributed by atoms with Crippen molar-refractivity contribution in [2.24, 2.45) is 20.5 Å². The van der Waals surface area contributed by atoms with Gasteiger partial charge in [-0.15, -0.1) is 20.5 Å². The fourth-order valence-corrected chi connectivity index (χ4v) is 10.9. The molecule has 0 saturated heterocycles. The Bertz CT molecular complexity index is 4930. The topological polar surface area (TPSA) is 582 Å². The fourth-order valence-electron chi connectivity index (χ4n) is 8.21. The molecule has 8 aromatic carbocycles. The minimum Gasteiger partial charge on any atom is -0.871 e. The average Bonchev–Trinajstić information content (AvgIpc) is 0.770. The Morgan fingerprint density at radius 1 is 0.408 bits per heavy atom. The number of carbonyl (C=O) groups is 2. The summed E-state index contributed by atoms with van der Waals surface area (Å²) in [5, 5.41) is 75.8. The molecule has 0 spiro atoms. The van der Waals surface area contributed by atoms with Crippen LogP contribution in [0.3, 0.4) is 0 Å². The molecule has 0 unspecified atom stereocenters. The van der Waals surface area contributed by atoms with Crippen molar-refractivity contribution in [2.45, 2.75) is 19.6 Å². The molecule has 475 valence electrons. The van der Waals surface area contributed by atoms with Crippen LogP contribution in [0.1, 0.15) is 20.7 Å². The van der Waals surface area contributed by atoms with Crippen LogP contribution in [-0.2, 0) is 57.8 Å². The van der Waals surface area contributed by atoms with Crippen LogP contribution >= 0.6 is 23.2 Å². The maximum Gasteiger partial charge on any atom is 3.00 e. The van der Waals surface area contributed by atoms with E-state index in [1.807, 2.05) is 0 Å². The Hall–Kier alpha value is -5.41. The second kappa shape index (κ2) is 36.0. The number of aromatic carboxylic acids is 2. The fraction of sp³-hybridized carbons (Fsp3) is 0. The van der Waals surface area contributed by atoms with Crippen LogP contribution in [0.5, 0.6) is 11.5 Å². The number of nitrogens with zero attached hydrogens (tertiary/aromatic N) is 10. The summed E-state index contributed by atoms with van der Waals surface area (Å²) in [5.74, 6) is -6.22. The van der Waals surface area contributed by atoms with Gasteiger partial charge in [-0.2, -0.15) is 29.9 Å². The van der Waals surface area contributed by atoms with Crippen LogP contribution in [-0.4, -0.2) is 93.7 Å². The van der Waals surface area contributed by atoms with Crippen molar-refractivity contribution >= 4 is 178 Å². The largest absolute Gasteiger partial charge is 3.00 e. The number of nitrogens with two attached hydrogens (primary N) is 2. The minimum atomic E-state index is -5.29. The number of rotatable bonds is 18. The van der Waals surface area contributed by atoms with Crippen LogP contribution in [0.2, 0.25) is 10.6 Å². The molecule has 0 saturated carbocycles. The normalized spacial score (nSPS) is 11.2. The molecule has 0 fully saturated rings. The zero-order chi connectivity index (χ0) is 66.8. The number of hydrogen-bond acceptors (Lipinski definition) is 34. The molecule has 0 aliphatic rings. The third-order valence-corrected chi connectivity index (χ3v) is 15.8. The Labute approximate surface area is 685 Å². The first kappa shape index (κ1) is 86.8. The van der Waals surface area contributed by atoms with Gasteiger partial charge in [-0.1, -0.05) is 35.8 Å². The molecule has 0 bridgehead atoms. The number of benzene rings is 8. The van der Waals surface area contributed by atoms with Gasteiger partial charge in [-0.25, -0.2) is 33.7 Å². The van der Waals surface area contributed by atoms with Crippen LogP contribution in [0.4, 0.5) is 80.7 Å². The number of azo groups is 2. The number of fused-ring (bicyclic) bond motifs is 2. The Morgan fingerprint density at radius 3 is 1.05 bits per heavy atom. The predicted octanol–water partition coefficient (Wildman–Crippen LogP) is -10.2. The molecule has 0 aliphatic heterocycles. The first-order valence-corrected chi connectivity index (χ1v) is 31.1. The molecule has 1 radical (unpaired) electrons. The summed E-state index contributed by atoms with van der Waals surface area (Å²) >= 11 is 11.5. The first-order valence-electron chi connectivity index (χ1n) is 24.7. The standard InChI is InChI=1S/2C26H19ClN8O9S2.Cr.5Na/c2*27-24-31-25(28)33-26(32-24)30-15-6-7-19(18(11-15)23(37)38)34-35-21-20(46(42,43)44)8-12-4-5-14(10-17(12)22(21)36)29-13-2-1-3-16(9-13)45(39,40)41;;;;;;/h2*1-11,29,36H,(H,37,38)(H,39,40,41)(H,42,43,44)(H3,28,30,31,32,33);;;;;;/q;;+3;5*+1/p-8. The van der Waals surface area contributed by atoms with Gasteiger partial charge < -0.3 is 81.0 Å². The van der Waals surface area contributed by atoms with Crippen molar-refractivity contribution in [2.75, 3.05) is 32.7 Å². The number of carbonyl (C=O) groups excluding carboxylic acids is 2. The number of anilines is 10. The summed E-state index contributed by atoms with van der Waals surface area (Å²) in [6.07, 6.45) is 0. The number of nitrogens with one attached hydrogen (secondary N) is 4. The predicted molar refractivity (Wildman–Crippen MR) is 313 cm³/mol. The van der Waals surface area contributed by atoms with Crippen LogP contribution < -0.4 is 201 Å². The summed E-state index contributed by atoms with van der Waals surface area (Å²) in [6, 6.07) is 26.7. The number of halogens is 2. The van der Waals surface area contributed by atoms with Crippen molar-refractivity contribution in [3.8, 4) is 11.5 Å². The Balaban J connectivity index is 0.000000481. The van der Waals surface area contributed by atoms with Gasteiger partial charge in [0.2, 0.25) is 34.4 Å². The van der Waals surface area contributed by atoms with Gasteiger partial charge in [0.25, 0.3) is 0 Å². The van der Waals surface area contributed by atoms with E-state index in [0.717, 1.165) is 60.7 Å². The minimum absolute atomic E-state index is 0. The van der Waals surface area contributed by atoms with Crippen molar-refractivity contribution in [3.05, 3.63) is 155 Å². The van der Waals surface area contributed by atoms with Crippen LogP contribution in [0.15, 0.2) is 173 Å². The summed E-state index contributed by atoms with van der Waals surface area (Å²) in [4.78, 5) is 43.1. The molecule has 98 heavy (non-hydrogen) atoms. The van der Waals surface area contributed by atoms with Gasteiger partial charge in [-0.05, 0) is 154 Å². The molecule has 10 aromatic rings. The first-order chi connectivity index (χ1) is 43.2. The van der Waals surface area contributed by atoms with E-state index in [-0.39, 0.29) is 267 Å². The number of carboxylic acid groups (broad SMARTS) is 2. The Morgan fingerprint density at radius 2 is 0.735 bits per heavy atom. The molecule has 8 N–H and O–H groups in total. The maximum absolute atomic E-state index is 13.5. The number of nitrogen functional groups attached to an aromatic ring is 2. The van der Waals surface area contributed by atoms with Crippen molar-refractivity contribution in [3.63, 3.8) is 0 Å². The van der Waals surface area contributed by atoms with Crippen LogP contribution in [0, 0.1) is 0 Å². The van der Waals surface area contributed by atoms with E-state index in [1.54, 1.807) is 0 Å². The van der Waals surface area contributed by atoms with E-state index in [9.17, 15) is 81.9 Å². The monoisotopic (exact) mass is 1530 g/mol. The maximum atomic E-state index is 13.5. The molecule has 10 rings (SSSR count). The van der Waals surface area contributed by atoms with Gasteiger partial charge in [0.1, 0.15) is 40.5 Å². The SMILES string of the molecule is Nc1nc(Cl)nc(Nc2ccc(N=Nc3c(S(=O)(=O)[O-])cc4ccc(Nc5cccc(S(=O)(=O)[O-])c5)cc4c3[O-])c(C(=O)[O-])c2)n1.Nc1nc(Cl)nc(Nc2ccc(N=Nc3c(S(=O)(=O)[O-])cc4ccc(Nc5cccc(S(=O)(=O)[O-])c5)cc4c3[O-])c(C(=O)[O-])c2)n1.[Cr+3].[Na+].[Na+].[Na+].[Na+].[Na+]. The molecular formula is C52H30Cl2CrN16Na5O18S4. The zero-order valence-corrected chi connectivity index (χ0v) is 66.5. The van der Waals surface area contributed by atoms with E-state index in [1.165, 1.54) is 72.8 Å². The van der Waals surface area contributed by atoms with Gasteiger partial charge in [-0.3, -0.25) is 0 Å². The summed E-state index contributed by atoms with van der Waals surface area (Å²) < 4.78 is 141. The van der Waals surface area contributed by atoms with Crippen molar-refractivity contribution < 1.29 is 247 Å². The third kappa shape index (κ3) is 22.3. The van der Waals surface area contributed by atoms with E-state index < -0.39 is 106 Å². The van der Waals surface area contributed by atoms with E-state index >= 15 is 0 Å². The summed E-state index contributed by atoms with van der Waals surface area (Å²) in [7, 11) is -20.1. The molecule has 34 nitrogen and oxygen atoms in total. The smallest absolute Gasteiger partial charge is 0.871 e. The molecular weight excluding hydrogens is 1500 g/mol. The van der Waals surface area contributed by atoms with Crippen molar-refractivity contribution in [1.82, 2.24) is 29.9 Å². The number of aromatic nitrogens is 6. The van der Waals surface area contributed by atoms with E-state index in [2.05, 4.69) is 71.6 Å². The van der Waals surface area contributed by atoms with Crippen molar-refractivity contribution in [1.29, 1.82) is 0 Å². The molecule has 2 aromatic heterocycles. The number of carboxylic acids is 2. The molecule has 0 aliphatic carbocycles. The van der Waals surface area contributed by atoms with Gasteiger partial charge >= 0.3 is 165 Å². The summed E-state index contributed by atoms with van der Waals surface area (Å²) in [5.41, 5.74) is 8.36. The van der Waals surface area contributed by atoms with Crippen LogP contribution in [0.25, 0.3) is 21.5 Å².